The van der Waals surface area contributed by atoms with Crippen molar-refractivity contribution in [3.8, 4) is 0 Å². The Labute approximate surface area is 137 Å². The monoisotopic (exact) mass is 366 g/mol. The summed E-state index contributed by atoms with van der Waals surface area (Å²) in [4.78, 5) is 10.2. The molecular weight excluding hydrogens is 348 g/mol. The van der Waals surface area contributed by atoms with Crippen LogP contribution in [0.2, 0.25) is 0 Å². The summed E-state index contributed by atoms with van der Waals surface area (Å²) < 4.78 is 1.08. The number of aryl methyl sites for hydroxylation is 1. The quantitative estimate of drug-likeness (QED) is 0.629. The molecule has 4 nitrogen and oxygen atoms in total. The van der Waals surface area contributed by atoms with Crippen LogP contribution in [0.25, 0.3) is 0 Å². The van der Waals surface area contributed by atoms with Crippen LogP contribution in [0.3, 0.4) is 0 Å². The van der Waals surface area contributed by atoms with Gasteiger partial charge in [0.15, 0.2) is 5.96 Å². The number of guanidine groups is 1. The van der Waals surface area contributed by atoms with Crippen LogP contribution in [0.5, 0.6) is 0 Å². The number of rotatable bonds is 5. The summed E-state index contributed by atoms with van der Waals surface area (Å²) in [7, 11) is 0. The van der Waals surface area contributed by atoms with E-state index in [9.17, 15) is 0 Å². The second-order valence-corrected chi connectivity index (χ2v) is 6.77. The molecule has 0 atom stereocenters. The van der Waals surface area contributed by atoms with E-state index in [0.29, 0.717) is 13.1 Å². The number of nitrogens with one attached hydrogen (secondary N) is 2. The summed E-state index contributed by atoms with van der Waals surface area (Å²) >= 11 is 5.14. The summed E-state index contributed by atoms with van der Waals surface area (Å²) in [5.41, 5.74) is 1.18. The van der Waals surface area contributed by atoms with Crippen LogP contribution in [0.4, 0.5) is 0 Å². The van der Waals surface area contributed by atoms with Crippen LogP contribution < -0.4 is 10.6 Å². The summed E-state index contributed by atoms with van der Waals surface area (Å²) in [5.74, 6) is 0.813. The standard InChI is InChI=1S/C15H19BrN4S/c1-3-17-15(20-10-14-18-8-11(2)21-14)19-9-12-4-6-13(16)7-5-12/h4-8H,3,9-10H2,1-2H3,(H2,17,19,20). The van der Waals surface area contributed by atoms with Crippen molar-refractivity contribution in [2.24, 2.45) is 4.99 Å². The van der Waals surface area contributed by atoms with Crippen molar-refractivity contribution >= 4 is 33.2 Å². The van der Waals surface area contributed by atoms with Gasteiger partial charge in [-0.05, 0) is 31.5 Å². The minimum Gasteiger partial charge on any atom is -0.357 e. The molecule has 0 aliphatic heterocycles. The fourth-order valence-electron chi connectivity index (χ4n) is 1.74. The number of aromatic nitrogens is 1. The molecule has 0 aliphatic rings. The van der Waals surface area contributed by atoms with Gasteiger partial charge in [-0.2, -0.15) is 0 Å². The molecule has 0 aliphatic carbocycles. The lowest BCUT2D eigenvalue weighted by Crippen LogP contribution is -2.36. The van der Waals surface area contributed by atoms with Gasteiger partial charge >= 0.3 is 0 Å². The number of benzene rings is 1. The van der Waals surface area contributed by atoms with Crippen molar-refractivity contribution < 1.29 is 0 Å². The van der Waals surface area contributed by atoms with E-state index in [4.69, 9.17) is 0 Å². The predicted octanol–water partition coefficient (Wildman–Crippen LogP) is 3.47. The van der Waals surface area contributed by atoms with Gasteiger partial charge in [-0.1, -0.05) is 28.1 Å². The van der Waals surface area contributed by atoms with Crippen molar-refractivity contribution in [1.29, 1.82) is 0 Å². The Hall–Kier alpha value is -1.40. The molecule has 0 spiro atoms. The van der Waals surface area contributed by atoms with Gasteiger partial charge in [0.2, 0.25) is 0 Å². The molecule has 0 saturated heterocycles. The largest absolute Gasteiger partial charge is 0.357 e. The highest BCUT2D eigenvalue weighted by atomic mass is 79.9. The molecule has 2 N–H and O–H groups in total. The first-order valence-corrected chi connectivity index (χ1v) is 8.46. The second kappa shape index (κ2) is 8.14. The van der Waals surface area contributed by atoms with Gasteiger partial charge in [0.1, 0.15) is 5.01 Å². The number of thiazole rings is 1. The van der Waals surface area contributed by atoms with Crippen molar-refractivity contribution in [2.45, 2.75) is 26.9 Å². The van der Waals surface area contributed by atoms with Gasteiger partial charge in [-0.25, -0.2) is 9.98 Å². The van der Waals surface area contributed by atoms with Gasteiger partial charge in [-0.15, -0.1) is 11.3 Å². The zero-order valence-corrected chi connectivity index (χ0v) is 14.6. The lowest BCUT2D eigenvalue weighted by atomic mass is 10.2. The van der Waals surface area contributed by atoms with E-state index >= 15 is 0 Å². The van der Waals surface area contributed by atoms with E-state index in [-0.39, 0.29) is 0 Å². The number of nitrogens with zero attached hydrogens (tertiary/aromatic N) is 2. The Morgan fingerprint density at radius 1 is 1.29 bits per heavy atom. The molecule has 0 unspecified atom stereocenters. The Morgan fingerprint density at radius 2 is 2.05 bits per heavy atom. The molecule has 0 bridgehead atoms. The number of halogens is 1. The van der Waals surface area contributed by atoms with Crippen LogP contribution in [-0.4, -0.2) is 17.5 Å². The fraction of sp³-hybridized carbons (Fsp3) is 0.333. The Bertz CT molecular complexity index is 592. The molecule has 2 rings (SSSR count). The molecule has 21 heavy (non-hydrogen) atoms. The number of hydrogen-bond acceptors (Lipinski definition) is 3. The Morgan fingerprint density at radius 3 is 2.67 bits per heavy atom. The smallest absolute Gasteiger partial charge is 0.191 e. The van der Waals surface area contributed by atoms with Crippen LogP contribution in [-0.2, 0) is 13.1 Å². The third kappa shape index (κ3) is 5.47. The topological polar surface area (TPSA) is 49.3 Å². The molecule has 0 radical (unpaired) electrons. The molecule has 0 saturated carbocycles. The minimum atomic E-state index is 0.652. The highest BCUT2D eigenvalue weighted by Gasteiger charge is 2.01. The Balaban J connectivity index is 1.93. The van der Waals surface area contributed by atoms with E-state index in [1.54, 1.807) is 11.3 Å². The van der Waals surface area contributed by atoms with E-state index in [2.05, 4.69) is 62.5 Å². The van der Waals surface area contributed by atoms with Crippen molar-refractivity contribution in [2.75, 3.05) is 6.54 Å². The van der Waals surface area contributed by atoms with Gasteiger partial charge in [0.25, 0.3) is 0 Å². The van der Waals surface area contributed by atoms with E-state index < -0.39 is 0 Å². The van der Waals surface area contributed by atoms with E-state index in [1.165, 1.54) is 10.4 Å². The highest BCUT2D eigenvalue weighted by molar-refractivity contribution is 9.10. The third-order valence-corrected chi connectivity index (χ3v) is 4.19. The first-order chi connectivity index (χ1) is 10.2. The first-order valence-electron chi connectivity index (χ1n) is 6.85. The fourth-order valence-corrected chi connectivity index (χ4v) is 2.74. The van der Waals surface area contributed by atoms with Crippen molar-refractivity contribution in [3.63, 3.8) is 0 Å². The summed E-state index contributed by atoms with van der Waals surface area (Å²) in [6, 6.07) is 8.20. The zero-order chi connectivity index (χ0) is 15.1. The number of aliphatic imine (C=N–C) groups is 1. The molecule has 2 aromatic rings. The lowest BCUT2D eigenvalue weighted by Gasteiger charge is -2.10. The minimum absolute atomic E-state index is 0.652. The van der Waals surface area contributed by atoms with Gasteiger partial charge in [0.05, 0.1) is 13.1 Å². The average Bonchev–Trinajstić information content (AvgIpc) is 2.89. The molecular formula is C15H19BrN4S. The van der Waals surface area contributed by atoms with Crippen LogP contribution in [0, 0.1) is 6.92 Å². The van der Waals surface area contributed by atoms with Crippen molar-refractivity contribution in [1.82, 2.24) is 15.6 Å². The van der Waals surface area contributed by atoms with Crippen molar-refractivity contribution in [3.05, 3.63) is 50.4 Å². The van der Waals surface area contributed by atoms with E-state index in [0.717, 1.165) is 22.0 Å². The van der Waals surface area contributed by atoms with Crippen LogP contribution in [0.1, 0.15) is 22.4 Å². The van der Waals surface area contributed by atoms with Gasteiger partial charge < -0.3 is 10.6 Å². The average molecular weight is 367 g/mol. The van der Waals surface area contributed by atoms with Gasteiger partial charge in [-0.3, -0.25) is 0 Å². The third-order valence-electron chi connectivity index (χ3n) is 2.75. The molecule has 1 aromatic heterocycles. The predicted molar refractivity (Wildman–Crippen MR) is 92.6 cm³/mol. The lowest BCUT2D eigenvalue weighted by molar-refractivity contribution is 0.811. The van der Waals surface area contributed by atoms with Crippen LogP contribution in [0.15, 0.2) is 39.9 Å². The molecule has 6 heteroatoms. The maximum Gasteiger partial charge on any atom is 0.191 e. The molecule has 0 amide bonds. The molecule has 0 fully saturated rings. The van der Waals surface area contributed by atoms with Crippen LogP contribution >= 0.6 is 27.3 Å². The summed E-state index contributed by atoms with van der Waals surface area (Å²) in [5, 5.41) is 7.63. The van der Waals surface area contributed by atoms with Gasteiger partial charge in [0, 0.05) is 22.1 Å². The normalized spacial score (nSPS) is 11.5. The number of hydrogen-bond donors (Lipinski definition) is 2. The Kier molecular flexibility index (Phi) is 6.20. The summed E-state index contributed by atoms with van der Waals surface area (Å²) in [6.45, 7) is 6.31. The highest BCUT2D eigenvalue weighted by Crippen LogP contribution is 2.12. The van der Waals surface area contributed by atoms with E-state index in [1.807, 2.05) is 18.3 Å². The zero-order valence-electron chi connectivity index (χ0n) is 12.2. The maximum absolute atomic E-state index is 4.59. The second-order valence-electron chi connectivity index (χ2n) is 4.54. The molecule has 1 heterocycles. The molecule has 1 aromatic carbocycles. The first kappa shape index (κ1) is 16.0. The summed E-state index contributed by atoms with van der Waals surface area (Å²) in [6.07, 6.45) is 1.90. The molecule has 112 valence electrons. The SMILES string of the molecule is CCNC(=NCc1ccc(Br)cc1)NCc1ncc(C)s1. The maximum atomic E-state index is 4.59.